The second-order valence-electron chi connectivity index (χ2n) is 1.76. The summed E-state index contributed by atoms with van der Waals surface area (Å²) in [6, 6.07) is 0. The SMILES string of the molecule is Cl.O=CCCn1ccnc1. The molecule has 0 atom stereocenters. The van der Waals surface area contributed by atoms with Crippen molar-refractivity contribution in [3.05, 3.63) is 18.7 Å². The van der Waals surface area contributed by atoms with Crippen LogP contribution in [0.4, 0.5) is 0 Å². The van der Waals surface area contributed by atoms with Crippen LogP contribution in [0.15, 0.2) is 18.7 Å². The van der Waals surface area contributed by atoms with E-state index in [0.717, 1.165) is 12.8 Å². The first-order valence-electron chi connectivity index (χ1n) is 2.83. The minimum absolute atomic E-state index is 0. The molecule has 0 spiro atoms. The number of aldehydes is 1. The highest BCUT2D eigenvalue weighted by Crippen LogP contribution is 1.86. The molecular formula is C6H9ClN2O. The highest BCUT2D eigenvalue weighted by atomic mass is 35.5. The van der Waals surface area contributed by atoms with Gasteiger partial charge in [0.25, 0.3) is 0 Å². The Balaban J connectivity index is 0.000000810. The Morgan fingerprint density at radius 2 is 2.40 bits per heavy atom. The number of imidazole rings is 1. The molecule has 3 nitrogen and oxygen atoms in total. The van der Waals surface area contributed by atoms with Gasteiger partial charge in [0.2, 0.25) is 0 Å². The molecule has 0 fully saturated rings. The van der Waals surface area contributed by atoms with E-state index in [-0.39, 0.29) is 12.4 Å². The van der Waals surface area contributed by atoms with Crippen molar-refractivity contribution < 1.29 is 4.79 Å². The molecule has 1 heterocycles. The first-order chi connectivity index (χ1) is 4.43. The summed E-state index contributed by atoms with van der Waals surface area (Å²) in [6.45, 7) is 0.740. The van der Waals surface area contributed by atoms with E-state index in [0.29, 0.717) is 6.42 Å². The molecule has 0 aromatic carbocycles. The molecule has 1 aromatic rings. The van der Waals surface area contributed by atoms with Gasteiger partial charge in [-0.2, -0.15) is 0 Å². The van der Waals surface area contributed by atoms with E-state index < -0.39 is 0 Å². The fourth-order valence-electron chi connectivity index (χ4n) is 0.621. The molecule has 0 aliphatic carbocycles. The Labute approximate surface area is 65.5 Å². The van der Waals surface area contributed by atoms with Gasteiger partial charge in [0.15, 0.2) is 0 Å². The van der Waals surface area contributed by atoms with Crippen molar-refractivity contribution in [2.45, 2.75) is 13.0 Å². The molecule has 0 unspecified atom stereocenters. The van der Waals surface area contributed by atoms with Crippen LogP contribution in [0.5, 0.6) is 0 Å². The number of hydrogen-bond donors (Lipinski definition) is 0. The molecule has 10 heavy (non-hydrogen) atoms. The lowest BCUT2D eigenvalue weighted by atomic mass is 10.5. The zero-order valence-electron chi connectivity index (χ0n) is 5.43. The molecule has 0 bridgehead atoms. The molecule has 0 amide bonds. The Bertz CT molecular complexity index is 174. The summed E-state index contributed by atoms with van der Waals surface area (Å²) in [5.74, 6) is 0. The Morgan fingerprint density at radius 1 is 1.60 bits per heavy atom. The van der Waals surface area contributed by atoms with Crippen molar-refractivity contribution in [1.82, 2.24) is 9.55 Å². The van der Waals surface area contributed by atoms with Crippen molar-refractivity contribution in [3.63, 3.8) is 0 Å². The molecular weight excluding hydrogens is 152 g/mol. The summed E-state index contributed by atoms with van der Waals surface area (Å²) < 4.78 is 1.87. The fraction of sp³-hybridized carbons (Fsp3) is 0.333. The number of rotatable bonds is 3. The van der Waals surface area contributed by atoms with Crippen LogP contribution in [-0.4, -0.2) is 15.8 Å². The van der Waals surface area contributed by atoms with Gasteiger partial charge in [0.05, 0.1) is 6.33 Å². The van der Waals surface area contributed by atoms with Crippen LogP contribution in [0.25, 0.3) is 0 Å². The number of nitrogens with zero attached hydrogens (tertiary/aromatic N) is 2. The van der Waals surface area contributed by atoms with Crippen molar-refractivity contribution >= 4 is 18.7 Å². The van der Waals surface area contributed by atoms with Gasteiger partial charge in [-0.15, -0.1) is 12.4 Å². The average molecular weight is 161 g/mol. The van der Waals surface area contributed by atoms with Crippen LogP contribution in [0.1, 0.15) is 6.42 Å². The number of halogens is 1. The molecule has 0 saturated carbocycles. The van der Waals surface area contributed by atoms with Gasteiger partial charge in [-0.1, -0.05) is 0 Å². The second kappa shape index (κ2) is 4.99. The average Bonchev–Trinajstić information content (AvgIpc) is 2.34. The van der Waals surface area contributed by atoms with Crippen LogP contribution in [-0.2, 0) is 11.3 Å². The molecule has 1 rings (SSSR count). The van der Waals surface area contributed by atoms with E-state index in [2.05, 4.69) is 4.98 Å². The standard InChI is InChI=1S/C6H8N2O.ClH/c9-5-1-3-8-4-2-7-6-8;/h2,4-6H,1,3H2;1H. The summed E-state index contributed by atoms with van der Waals surface area (Å²) in [5.41, 5.74) is 0. The van der Waals surface area contributed by atoms with E-state index >= 15 is 0 Å². The third-order valence-electron chi connectivity index (χ3n) is 1.06. The van der Waals surface area contributed by atoms with Gasteiger partial charge in [-0.3, -0.25) is 0 Å². The lowest BCUT2D eigenvalue weighted by Crippen LogP contribution is -1.93. The third-order valence-corrected chi connectivity index (χ3v) is 1.06. The van der Waals surface area contributed by atoms with E-state index in [1.54, 1.807) is 12.5 Å². The molecule has 0 aliphatic rings. The van der Waals surface area contributed by atoms with Gasteiger partial charge in [0.1, 0.15) is 6.29 Å². The lowest BCUT2D eigenvalue weighted by molar-refractivity contribution is -0.108. The highest BCUT2D eigenvalue weighted by molar-refractivity contribution is 5.85. The quantitative estimate of drug-likeness (QED) is 0.616. The van der Waals surface area contributed by atoms with Crippen molar-refractivity contribution in [1.29, 1.82) is 0 Å². The maximum atomic E-state index is 9.87. The molecule has 1 aromatic heterocycles. The van der Waals surface area contributed by atoms with Gasteiger partial charge < -0.3 is 9.36 Å². The van der Waals surface area contributed by atoms with Crippen LogP contribution in [0.2, 0.25) is 0 Å². The van der Waals surface area contributed by atoms with Crippen molar-refractivity contribution in [3.8, 4) is 0 Å². The van der Waals surface area contributed by atoms with E-state index in [1.807, 2.05) is 10.8 Å². The number of carbonyl (C=O) groups is 1. The van der Waals surface area contributed by atoms with Gasteiger partial charge in [-0.05, 0) is 0 Å². The second-order valence-corrected chi connectivity index (χ2v) is 1.76. The minimum atomic E-state index is 0. The minimum Gasteiger partial charge on any atom is -0.337 e. The van der Waals surface area contributed by atoms with Crippen LogP contribution >= 0.6 is 12.4 Å². The summed E-state index contributed by atoms with van der Waals surface area (Å²) in [5, 5.41) is 0. The Hall–Kier alpha value is -0.830. The molecule has 4 heteroatoms. The largest absolute Gasteiger partial charge is 0.337 e. The van der Waals surface area contributed by atoms with Crippen molar-refractivity contribution in [2.75, 3.05) is 0 Å². The maximum Gasteiger partial charge on any atom is 0.121 e. The highest BCUT2D eigenvalue weighted by Gasteiger charge is 1.85. The van der Waals surface area contributed by atoms with Gasteiger partial charge >= 0.3 is 0 Å². The van der Waals surface area contributed by atoms with Gasteiger partial charge in [-0.25, -0.2) is 4.98 Å². The number of hydrogen-bond acceptors (Lipinski definition) is 2. The monoisotopic (exact) mass is 160 g/mol. The third kappa shape index (κ3) is 2.64. The Kier molecular flexibility index (Phi) is 4.58. The predicted molar refractivity (Wildman–Crippen MR) is 40.2 cm³/mol. The zero-order valence-corrected chi connectivity index (χ0v) is 6.25. The molecule has 0 saturated heterocycles. The van der Waals surface area contributed by atoms with Crippen LogP contribution in [0.3, 0.4) is 0 Å². The summed E-state index contributed by atoms with van der Waals surface area (Å²) >= 11 is 0. The number of aryl methyl sites for hydroxylation is 1. The molecule has 0 N–H and O–H groups in total. The number of carbonyl (C=O) groups excluding carboxylic acids is 1. The van der Waals surface area contributed by atoms with E-state index in [4.69, 9.17) is 0 Å². The first kappa shape index (κ1) is 9.17. The summed E-state index contributed by atoms with van der Waals surface area (Å²) in [4.78, 5) is 13.7. The summed E-state index contributed by atoms with van der Waals surface area (Å²) in [7, 11) is 0. The van der Waals surface area contributed by atoms with Crippen molar-refractivity contribution in [2.24, 2.45) is 0 Å². The molecule has 56 valence electrons. The topological polar surface area (TPSA) is 34.9 Å². The van der Waals surface area contributed by atoms with Crippen LogP contribution < -0.4 is 0 Å². The fourth-order valence-corrected chi connectivity index (χ4v) is 0.621. The number of aromatic nitrogens is 2. The lowest BCUT2D eigenvalue weighted by Gasteiger charge is -1.92. The Morgan fingerprint density at radius 3 is 2.90 bits per heavy atom. The normalized spacial score (nSPS) is 8.40. The summed E-state index contributed by atoms with van der Waals surface area (Å²) in [6.07, 6.45) is 6.70. The maximum absolute atomic E-state index is 9.87. The van der Waals surface area contributed by atoms with E-state index in [9.17, 15) is 4.79 Å². The van der Waals surface area contributed by atoms with E-state index in [1.165, 1.54) is 0 Å². The first-order valence-corrected chi connectivity index (χ1v) is 2.83. The van der Waals surface area contributed by atoms with Crippen LogP contribution in [0, 0.1) is 0 Å². The predicted octanol–water partition coefficient (Wildman–Crippen LogP) is 0.894. The zero-order chi connectivity index (χ0) is 6.53. The van der Waals surface area contributed by atoms with Gasteiger partial charge in [0, 0.05) is 25.4 Å². The molecule has 0 aliphatic heterocycles. The molecule has 0 radical (unpaired) electrons. The smallest absolute Gasteiger partial charge is 0.121 e.